The Labute approximate surface area is 154 Å². The van der Waals surface area contributed by atoms with Gasteiger partial charge < -0.3 is 10.6 Å². The van der Waals surface area contributed by atoms with Crippen molar-refractivity contribution in [3.63, 3.8) is 0 Å². The summed E-state index contributed by atoms with van der Waals surface area (Å²) >= 11 is 0. The maximum atomic E-state index is 3.60. The summed E-state index contributed by atoms with van der Waals surface area (Å²) in [5, 5.41) is 7.14. The van der Waals surface area contributed by atoms with Crippen LogP contribution in [0.2, 0.25) is 0 Å². The van der Waals surface area contributed by atoms with E-state index in [0.29, 0.717) is 17.9 Å². The van der Waals surface area contributed by atoms with Crippen LogP contribution in [0.25, 0.3) is 0 Å². The number of rotatable bonds is 9. The molecule has 0 radical (unpaired) electrons. The Hall–Kier alpha value is -1.64. The lowest BCUT2D eigenvalue weighted by atomic mass is 10.0. The van der Waals surface area contributed by atoms with E-state index >= 15 is 0 Å². The predicted octanol–water partition coefficient (Wildman–Crippen LogP) is 5.20. The lowest BCUT2D eigenvalue weighted by molar-refractivity contribution is 0.501. The Morgan fingerprint density at radius 3 is 1.52 bits per heavy atom. The van der Waals surface area contributed by atoms with Crippen LogP contribution in [-0.2, 0) is 13.1 Å². The smallest absolute Gasteiger partial charge is 0.0208 e. The van der Waals surface area contributed by atoms with Gasteiger partial charge in [0.1, 0.15) is 0 Å². The van der Waals surface area contributed by atoms with Gasteiger partial charge in [-0.15, -0.1) is 0 Å². The average Bonchev–Trinajstić information content (AvgIpc) is 2.60. The van der Waals surface area contributed by atoms with Gasteiger partial charge in [0.2, 0.25) is 0 Å². The quantitative estimate of drug-likeness (QED) is 0.656. The SMILES string of the molecule is CC(CNCc1ccc(C(C)C)cc1)NCc1ccc(C(C)C)cc1. The van der Waals surface area contributed by atoms with E-state index in [2.05, 4.69) is 93.8 Å². The van der Waals surface area contributed by atoms with Crippen molar-refractivity contribution in [2.24, 2.45) is 0 Å². The Bertz CT molecular complexity index is 612. The second kappa shape index (κ2) is 9.74. The summed E-state index contributed by atoms with van der Waals surface area (Å²) in [6, 6.07) is 18.3. The molecule has 1 unspecified atom stereocenters. The normalized spacial score (nSPS) is 12.8. The number of nitrogens with one attached hydrogen (secondary N) is 2. The van der Waals surface area contributed by atoms with E-state index in [9.17, 15) is 0 Å². The molecule has 0 saturated heterocycles. The fraction of sp³-hybridized carbons (Fsp3) is 0.478. The highest BCUT2D eigenvalue weighted by atomic mass is 15.0. The maximum absolute atomic E-state index is 3.60. The molecule has 136 valence electrons. The van der Waals surface area contributed by atoms with Gasteiger partial charge in [-0.25, -0.2) is 0 Å². The molecule has 25 heavy (non-hydrogen) atoms. The molecule has 0 amide bonds. The zero-order valence-electron chi connectivity index (χ0n) is 16.5. The summed E-state index contributed by atoms with van der Waals surface area (Å²) in [5.41, 5.74) is 5.51. The molecule has 0 aliphatic rings. The fourth-order valence-electron chi connectivity index (χ4n) is 2.84. The van der Waals surface area contributed by atoms with Crippen molar-refractivity contribution in [3.8, 4) is 0 Å². The first-order valence-corrected chi connectivity index (χ1v) is 9.57. The molecule has 0 heterocycles. The highest BCUT2D eigenvalue weighted by molar-refractivity contribution is 5.25. The summed E-state index contributed by atoms with van der Waals surface area (Å²) < 4.78 is 0. The van der Waals surface area contributed by atoms with Crippen LogP contribution in [0.3, 0.4) is 0 Å². The van der Waals surface area contributed by atoms with Gasteiger partial charge >= 0.3 is 0 Å². The molecule has 0 bridgehead atoms. The zero-order valence-corrected chi connectivity index (χ0v) is 16.5. The first-order valence-electron chi connectivity index (χ1n) is 9.57. The molecule has 2 heteroatoms. The van der Waals surface area contributed by atoms with E-state index in [-0.39, 0.29) is 0 Å². The predicted molar refractivity (Wildman–Crippen MR) is 109 cm³/mol. The molecule has 0 spiro atoms. The van der Waals surface area contributed by atoms with Crippen LogP contribution >= 0.6 is 0 Å². The molecular weight excluding hydrogens is 304 g/mol. The minimum atomic E-state index is 0.444. The highest BCUT2D eigenvalue weighted by Crippen LogP contribution is 2.15. The Balaban J connectivity index is 1.69. The van der Waals surface area contributed by atoms with Gasteiger partial charge in [-0.1, -0.05) is 76.2 Å². The Kier molecular flexibility index (Phi) is 7.67. The van der Waals surface area contributed by atoms with Crippen LogP contribution in [0.5, 0.6) is 0 Å². The van der Waals surface area contributed by atoms with Gasteiger partial charge in [0.15, 0.2) is 0 Å². The molecule has 1 atom stereocenters. The summed E-state index contributed by atoms with van der Waals surface area (Å²) in [6.07, 6.45) is 0. The molecule has 2 N–H and O–H groups in total. The summed E-state index contributed by atoms with van der Waals surface area (Å²) in [5.74, 6) is 1.19. The zero-order chi connectivity index (χ0) is 18.2. The molecule has 2 aromatic carbocycles. The molecule has 0 aliphatic heterocycles. The van der Waals surface area contributed by atoms with E-state index in [0.717, 1.165) is 19.6 Å². The fourth-order valence-corrected chi connectivity index (χ4v) is 2.84. The lowest BCUT2D eigenvalue weighted by Gasteiger charge is -2.15. The Morgan fingerprint density at radius 1 is 0.640 bits per heavy atom. The molecule has 2 aromatic rings. The number of benzene rings is 2. The van der Waals surface area contributed by atoms with Crippen LogP contribution in [0.1, 0.15) is 68.7 Å². The van der Waals surface area contributed by atoms with Crippen molar-refractivity contribution in [2.75, 3.05) is 6.54 Å². The average molecular weight is 339 g/mol. The van der Waals surface area contributed by atoms with E-state index in [4.69, 9.17) is 0 Å². The van der Waals surface area contributed by atoms with Crippen molar-refractivity contribution >= 4 is 0 Å². The summed E-state index contributed by atoms with van der Waals surface area (Å²) in [6.45, 7) is 14.0. The van der Waals surface area contributed by atoms with E-state index in [1.54, 1.807) is 0 Å². The maximum Gasteiger partial charge on any atom is 0.0208 e. The van der Waals surface area contributed by atoms with Gasteiger partial charge in [0.05, 0.1) is 0 Å². The van der Waals surface area contributed by atoms with Gasteiger partial charge in [-0.2, -0.15) is 0 Å². The topological polar surface area (TPSA) is 24.1 Å². The molecular formula is C23H34N2. The monoisotopic (exact) mass is 338 g/mol. The summed E-state index contributed by atoms with van der Waals surface area (Å²) in [7, 11) is 0. The molecule has 0 saturated carbocycles. The number of hydrogen-bond acceptors (Lipinski definition) is 2. The van der Waals surface area contributed by atoms with Crippen LogP contribution in [0.4, 0.5) is 0 Å². The van der Waals surface area contributed by atoms with Crippen LogP contribution in [-0.4, -0.2) is 12.6 Å². The van der Waals surface area contributed by atoms with Gasteiger partial charge in [-0.3, -0.25) is 0 Å². The van der Waals surface area contributed by atoms with Crippen LogP contribution in [0.15, 0.2) is 48.5 Å². The van der Waals surface area contributed by atoms with Crippen molar-refractivity contribution in [3.05, 3.63) is 70.8 Å². The third-order valence-corrected chi connectivity index (χ3v) is 4.73. The summed E-state index contributed by atoms with van der Waals surface area (Å²) in [4.78, 5) is 0. The molecule has 2 nitrogen and oxygen atoms in total. The van der Waals surface area contributed by atoms with Crippen molar-refractivity contribution in [1.29, 1.82) is 0 Å². The third kappa shape index (κ3) is 6.64. The molecule has 0 fully saturated rings. The minimum absolute atomic E-state index is 0.444. The van der Waals surface area contributed by atoms with Crippen molar-refractivity contribution in [2.45, 2.75) is 65.6 Å². The molecule has 0 aliphatic carbocycles. The van der Waals surface area contributed by atoms with Crippen LogP contribution < -0.4 is 10.6 Å². The van der Waals surface area contributed by atoms with E-state index in [1.165, 1.54) is 22.3 Å². The number of hydrogen-bond donors (Lipinski definition) is 2. The molecule has 2 rings (SSSR count). The van der Waals surface area contributed by atoms with Gasteiger partial charge in [0, 0.05) is 25.7 Å². The third-order valence-electron chi connectivity index (χ3n) is 4.73. The standard InChI is InChI=1S/C23H34N2/c1-17(2)22-10-6-20(7-11-22)15-24-14-19(5)25-16-21-8-12-23(13-9-21)18(3)4/h6-13,17-19,24-25H,14-16H2,1-5H3. The Morgan fingerprint density at radius 2 is 1.08 bits per heavy atom. The van der Waals surface area contributed by atoms with Crippen molar-refractivity contribution < 1.29 is 0 Å². The van der Waals surface area contributed by atoms with Gasteiger partial charge in [-0.05, 0) is 41.0 Å². The first-order chi connectivity index (χ1) is 12.0. The second-order valence-corrected chi connectivity index (χ2v) is 7.71. The van der Waals surface area contributed by atoms with E-state index < -0.39 is 0 Å². The highest BCUT2D eigenvalue weighted by Gasteiger charge is 2.04. The first kappa shape index (κ1) is 19.7. The molecule has 0 aromatic heterocycles. The largest absolute Gasteiger partial charge is 0.311 e. The van der Waals surface area contributed by atoms with Crippen LogP contribution in [0, 0.1) is 0 Å². The van der Waals surface area contributed by atoms with Gasteiger partial charge in [0.25, 0.3) is 0 Å². The lowest BCUT2D eigenvalue weighted by Crippen LogP contribution is -2.35. The second-order valence-electron chi connectivity index (χ2n) is 7.71. The minimum Gasteiger partial charge on any atom is -0.311 e. The van der Waals surface area contributed by atoms with E-state index in [1.807, 2.05) is 0 Å². The van der Waals surface area contributed by atoms with Crippen molar-refractivity contribution in [1.82, 2.24) is 10.6 Å².